The number of ether oxygens (including phenoxy) is 2. The summed E-state index contributed by atoms with van der Waals surface area (Å²) in [5, 5.41) is 22.7. The van der Waals surface area contributed by atoms with E-state index < -0.39 is 18.2 Å². The molecule has 10 heteroatoms. The number of methoxy groups -OCH3 is 1. The zero-order chi connectivity index (χ0) is 20.1. The molecule has 2 aromatic rings. The van der Waals surface area contributed by atoms with Gasteiger partial charge in [-0.3, -0.25) is 0 Å². The van der Waals surface area contributed by atoms with Crippen molar-refractivity contribution in [2.75, 3.05) is 33.4 Å². The third-order valence-corrected chi connectivity index (χ3v) is 4.62. The van der Waals surface area contributed by atoms with Gasteiger partial charge in [-0.25, -0.2) is 14.3 Å². The maximum atomic E-state index is 11.4. The second-order valence-corrected chi connectivity index (χ2v) is 6.28. The van der Waals surface area contributed by atoms with Gasteiger partial charge in [0.2, 0.25) is 0 Å². The lowest BCUT2D eigenvalue weighted by Gasteiger charge is -2.38. The summed E-state index contributed by atoms with van der Waals surface area (Å²) in [4.78, 5) is 25.1. The number of hydrogen-bond donors (Lipinski definition) is 2. The molecular weight excluding hydrogens is 368 g/mol. The van der Waals surface area contributed by atoms with Crippen LogP contribution in [-0.4, -0.2) is 81.4 Å². The third-order valence-electron chi connectivity index (χ3n) is 4.62. The molecule has 2 amide bonds. The van der Waals surface area contributed by atoms with Gasteiger partial charge in [0.1, 0.15) is 0 Å². The molecule has 0 unspecified atom stereocenters. The van der Waals surface area contributed by atoms with Gasteiger partial charge in [0.25, 0.3) is 0 Å². The smallest absolute Gasteiger partial charge is 0.407 e. The van der Waals surface area contributed by atoms with Crippen molar-refractivity contribution in [1.82, 2.24) is 19.6 Å². The van der Waals surface area contributed by atoms with E-state index in [0.717, 1.165) is 5.69 Å². The highest BCUT2D eigenvalue weighted by Crippen LogP contribution is 2.29. The number of piperazine rings is 1. The summed E-state index contributed by atoms with van der Waals surface area (Å²) in [7, 11) is 1.53. The Hall–Kier alpha value is -3.43. The Morgan fingerprint density at radius 2 is 2.04 bits per heavy atom. The second kappa shape index (κ2) is 8.51. The highest BCUT2D eigenvalue weighted by atomic mass is 16.5. The first kappa shape index (κ1) is 19.3. The van der Waals surface area contributed by atoms with Gasteiger partial charge >= 0.3 is 12.2 Å². The summed E-state index contributed by atoms with van der Waals surface area (Å²) < 4.78 is 12.9. The minimum Gasteiger partial charge on any atom is -0.493 e. The number of benzene rings is 1. The van der Waals surface area contributed by atoms with Crippen molar-refractivity contribution in [1.29, 1.82) is 0 Å². The van der Waals surface area contributed by atoms with Crippen molar-refractivity contribution in [3.05, 3.63) is 36.7 Å². The number of aromatic nitrogens is 2. The Morgan fingerprint density at radius 3 is 2.68 bits per heavy atom. The van der Waals surface area contributed by atoms with Gasteiger partial charge < -0.3 is 29.5 Å². The van der Waals surface area contributed by atoms with E-state index >= 15 is 0 Å². The molecule has 1 aromatic heterocycles. The number of nitrogens with zero attached hydrogens (tertiary/aromatic N) is 4. The maximum Gasteiger partial charge on any atom is 0.407 e. The fourth-order valence-corrected chi connectivity index (χ4v) is 3.17. The molecule has 0 radical (unpaired) electrons. The largest absolute Gasteiger partial charge is 0.493 e. The molecule has 28 heavy (non-hydrogen) atoms. The average molecular weight is 390 g/mol. The lowest BCUT2D eigenvalue weighted by atomic mass is 10.1. The molecule has 1 aromatic carbocycles. The molecule has 150 valence electrons. The number of hydrogen-bond acceptors (Lipinski definition) is 5. The normalized spacial score (nSPS) is 16.7. The van der Waals surface area contributed by atoms with Crippen molar-refractivity contribution in [3.63, 3.8) is 0 Å². The van der Waals surface area contributed by atoms with Gasteiger partial charge in [-0.2, -0.15) is 5.10 Å². The van der Waals surface area contributed by atoms with Crippen LogP contribution in [0.2, 0.25) is 0 Å². The van der Waals surface area contributed by atoms with E-state index in [1.54, 1.807) is 23.0 Å². The summed E-state index contributed by atoms with van der Waals surface area (Å²) in [6.07, 6.45) is 1.74. The van der Waals surface area contributed by atoms with E-state index in [2.05, 4.69) is 5.10 Å². The fraction of sp³-hybridized carbons (Fsp3) is 0.389. The minimum atomic E-state index is -1.06. The van der Waals surface area contributed by atoms with Crippen LogP contribution in [0, 0.1) is 0 Å². The SMILES string of the molecule is COc1cc(-n2cccn2)ccc1OCC[C@@H]1CN(C(=O)O)CCN1C(=O)O. The van der Waals surface area contributed by atoms with Crippen LogP contribution in [-0.2, 0) is 0 Å². The minimum absolute atomic E-state index is 0.125. The molecule has 0 spiro atoms. The molecule has 3 rings (SSSR count). The van der Waals surface area contributed by atoms with Crippen molar-refractivity contribution >= 4 is 12.2 Å². The number of carbonyl (C=O) groups is 2. The molecule has 1 atom stereocenters. The van der Waals surface area contributed by atoms with E-state index in [1.165, 1.54) is 16.9 Å². The van der Waals surface area contributed by atoms with Gasteiger partial charge in [-0.1, -0.05) is 0 Å². The van der Waals surface area contributed by atoms with Crippen molar-refractivity contribution in [3.8, 4) is 17.2 Å². The molecule has 0 saturated carbocycles. The summed E-state index contributed by atoms with van der Waals surface area (Å²) in [5.74, 6) is 1.05. The first-order valence-electron chi connectivity index (χ1n) is 8.78. The van der Waals surface area contributed by atoms with E-state index in [0.29, 0.717) is 17.9 Å². The molecule has 1 aliphatic rings. The van der Waals surface area contributed by atoms with E-state index in [9.17, 15) is 14.7 Å². The standard InChI is InChI=1S/C18H22N4O6/c1-27-16-11-13(22-7-2-6-19-22)3-4-15(16)28-10-5-14-12-20(17(23)24)8-9-21(14)18(25)26/h2-4,6-7,11,14H,5,8-10,12H2,1H3,(H,23,24)(H,25,26)/t14-/m1/s1. The van der Waals surface area contributed by atoms with Crippen LogP contribution in [0.25, 0.3) is 5.69 Å². The van der Waals surface area contributed by atoms with Gasteiger partial charge in [-0.15, -0.1) is 0 Å². The number of amides is 2. The molecule has 0 bridgehead atoms. The van der Waals surface area contributed by atoms with Crippen LogP contribution >= 0.6 is 0 Å². The monoisotopic (exact) mass is 390 g/mol. The predicted molar refractivity (Wildman–Crippen MR) is 98.3 cm³/mol. The Morgan fingerprint density at radius 1 is 1.21 bits per heavy atom. The predicted octanol–water partition coefficient (Wildman–Crippen LogP) is 1.99. The number of carboxylic acid groups (broad SMARTS) is 2. The second-order valence-electron chi connectivity index (χ2n) is 6.28. The van der Waals surface area contributed by atoms with Crippen molar-refractivity contribution in [2.24, 2.45) is 0 Å². The van der Waals surface area contributed by atoms with Gasteiger partial charge in [0.15, 0.2) is 11.5 Å². The maximum absolute atomic E-state index is 11.4. The molecule has 0 aliphatic carbocycles. The molecule has 1 fully saturated rings. The summed E-state index contributed by atoms with van der Waals surface area (Å²) in [5.41, 5.74) is 0.815. The molecule has 1 aliphatic heterocycles. The summed E-state index contributed by atoms with van der Waals surface area (Å²) in [6, 6.07) is 6.74. The van der Waals surface area contributed by atoms with Crippen LogP contribution in [0.5, 0.6) is 11.5 Å². The lowest BCUT2D eigenvalue weighted by molar-refractivity contribution is 0.0561. The molecule has 2 heterocycles. The highest BCUT2D eigenvalue weighted by molar-refractivity contribution is 5.68. The van der Waals surface area contributed by atoms with Crippen molar-refractivity contribution < 1.29 is 29.3 Å². The molecule has 2 N–H and O–H groups in total. The molecule has 1 saturated heterocycles. The van der Waals surface area contributed by atoms with E-state index in [4.69, 9.17) is 14.6 Å². The summed E-state index contributed by atoms with van der Waals surface area (Å²) >= 11 is 0. The van der Waals surface area contributed by atoms with Gasteiger partial charge in [-0.05, 0) is 18.2 Å². The van der Waals surface area contributed by atoms with Gasteiger partial charge in [0, 0.05) is 44.5 Å². The summed E-state index contributed by atoms with van der Waals surface area (Å²) in [6.45, 7) is 0.662. The topological polar surface area (TPSA) is 117 Å². The molecular formula is C18H22N4O6. The zero-order valence-electron chi connectivity index (χ0n) is 15.4. The number of rotatable bonds is 6. The Balaban J connectivity index is 1.64. The third kappa shape index (κ3) is 4.27. The first-order valence-corrected chi connectivity index (χ1v) is 8.78. The van der Waals surface area contributed by atoms with Crippen molar-refractivity contribution in [2.45, 2.75) is 12.5 Å². The van der Waals surface area contributed by atoms with Crippen LogP contribution in [0.15, 0.2) is 36.7 Å². The Labute approximate surface area is 161 Å². The Bertz CT molecular complexity index is 825. The van der Waals surface area contributed by atoms with Crippen LogP contribution in [0.1, 0.15) is 6.42 Å². The zero-order valence-corrected chi connectivity index (χ0v) is 15.4. The van der Waals surface area contributed by atoms with E-state index in [-0.39, 0.29) is 26.2 Å². The first-order chi connectivity index (χ1) is 13.5. The highest BCUT2D eigenvalue weighted by Gasteiger charge is 2.32. The fourth-order valence-electron chi connectivity index (χ4n) is 3.17. The van der Waals surface area contributed by atoms with Crippen LogP contribution < -0.4 is 9.47 Å². The Kier molecular flexibility index (Phi) is 5.87. The lowest BCUT2D eigenvalue weighted by Crippen LogP contribution is -2.56. The quantitative estimate of drug-likeness (QED) is 0.774. The van der Waals surface area contributed by atoms with E-state index in [1.807, 2.05) is 18.3 Å². The van der Waals surface area contributed by atoms with Crippen LogP contribution in [0.3, 0.4) is 0 Å². The van der Waals surface area contributed by atoms with Crippen LogP contribution in [0.4, 0.5) is 9.59 Å². The molecule has 10 nitrogen and oxygen atoms in total. The van der Waals surface area contributed by atoms with Gasteiger partial charge in [0.05, 0.1) is 25.4 Å². The average Bonchev–Trinajstić information content (AvgIpc) is 3.22.